The van der Waals surface area contributed by atoms with Gasteiger partial charge in [-0.05, 0) is 45.0 Å². The number of amides is 1. The molecule has 1 aromatic carbocycles. The Kier molecular flexibility index (Phi) is 3.49. The maximum Gasteiger partial charge on any atom is 0.426 e. The molecule has 0 heterocycles. The van der Waals surface area contributed by atoms with Crippen molar-refractivity contribution >= 4 is 11.8 Å². The number of hydrogen-bond donors (Lipinski definition) is 2. The summed E-state index contributed by atoms with van der Waals surface area (Å²) in [5, 5.41) is 10.0. The average Bonchev–Trinajstić information content (AvgIpc) is 2.14. The molecule has 0 saturated carbocycles. The van der Waals surface area contributed by atoms with Crippen LogP contribution in [0.1, 0.15) is 20.8 Å². The van der Waals surface area contributed by atoms with Gasteiger partial charge in [0.15, 0.2) is 0 Å². The molecule has 1 rings (SSSR count). The molecule has 1 aromatic rings. The third-order valence-corrected chi connectivity index (χ3v) is 1.72. The second kappa shape index (κ2) is 4.49. The van der Waals surface area contributed by atoms with Crippen LogP contribution < -0.4 is 10.4 Å². The first kappa shape index (κ1) is 12.4. The topological polar surface area (TPSA) is 52.6 Å². The molecule has 0 aliphatic carbocycles. The molecule has 0 unspecified atom stereocenters. The standard InChI is InChI=1S/C11H15FN2O2/c1-11(2,3)13-14(10(15)16)9-6-4-8(12)5-7-9/h4-7,13H,1-3H3,(H,15,16). The van der Waals surface area contributed by atoms with Gasteiger partial charge in [-0.2, -0.15) is 0 Å². The van der Waals surface area contributed by atoms with Crippen molar-refractivity contribution < 1.29 is 14.3 Å². The van der Waals surface area contributed by atoms with Gasteiger partial charge in [-0.1, -0.05) is 0 Å². The number of benzene rings is 1. The van der Waals surface area contributed by atoms with E-state index in [4.69, 9.17) is 5.11 Å². The molecule has 2 N–H and O–H groups in total. The number of hydrazine groups is 1. The van der Waals surface area contributed by atoms with Crippen LogP contribution in [0.4, 0.5) is 14.9 Å². The van der Waals surface area contributed by atoms with E-state index < -0.39 is 17.4 Å². The van der Waals surface area contributed by atoms with Gasteiger partial charge in [0.05, 0.1) is 5.69 Å². The summed E-state index contributed by atoms with van der Waals surface area (Å²) in [4.78, 5) is 11.0. The monoisotopic (exact) mass is 226 g/mol. The second-order valence-corrected chi connectivity index (χ2v) is 4.46. The van der Waals surface area contributed by atoms with Gasteiger partial charge in [-0.25, -0.2) is 19.6 Å². The zero-order valence-corrected chi connectivity index (χ0v) is 9.49. The normalized spacial score (nSPS) is 11.2. The predicted molar refractivity (Wildman–Crippen MR) is 59.8 cm³/mol. The van der Waals surface area contributed by atoms with Gasteiger partial charge in [-0.3, -0.25) is 0 Å². The SMILES string of the molecule is CC(C)(C)NN(C(=O)O)c1ccc(F)cc1. The summed E-state index contributed by atoms with van der Waals surface area (Å²) in [5.41, 5.74) is 2.79. The van der Waals surface area contributed by atoms with E-state index in [1.165, 1.54) is 24.3 Å². The van der Waals surface area contributed by atoms with Gasteiger partial charge >= 0.3 is 6.09 Å². The van der Waals surface area contributed by atoms with Crippen LogP contribution >= 0.6 is 0 Å². The van der Waals surface area contributed by atoms with Crippen LogP contribution in [-0.2, 0) is 0 Å². The van der Waals surface area contributed by atoms with Crippen molar-refractivity contribution in [3.8, 4) is 0 Å². The molecule has 0 radical (unpaired) electrons. The Morgan fingerprint density at radius 1 is 1.31 bits per heavy atom. The van der Waals surface area contributed by atoms with Crippen LogP contribution in [0.2, 0.25) is 0 Å². The quantitative estimate of drug-likeness (QED) is 0.762. The fourth-order valence-corrected chi connectivity index (χ4v) is 1.15. The van der Waals surface area contributed by atoms with Crippen LogP contribution in [-0.4, -0.2) is 16.7 Å². The molecule has 0 saturated heterocycles. The van der Waals surface area contributed by atoms with Crippen molar-refractivity contribution in [3.63, 3.8) is 0 Å². The first-order valence-electron chi connectivity index (χ1n) is 4.86. The van der Waals surface area contributed by atoms with E-state index >= 15 is 0 Å². The van der Waals surface area contributed by atoms with Crippen LogP contribution in [0.3, 0.4) is 0 Å². The number of carbonyl (C=O) groups is 1. The lowest BCUT2D eigenvalue weighted by molar-refractivity contribution is 0.194. The van der Waals surface area contributed by atoms with Crippen molar-refractivity contribution in [3.05, 3.63) is 30.1 Å². The fourth-order valence-electron chi connectivity index (χ4n) is 1.15. The minimum Gasteiger partial charge on any atom is -0.464 e. The molecular formula is C11H15FN2O2. The molecule has 0 aromatic heterocycles. The summed E-state index contributed by atoms with van der Waals surface area (Å²) in [6, 6.07) is 5.25. The molecule has 0 spiro atoms. The summed E-state index contributed by atoms with van der Waals surface area (Å²) in [6.07, 6.45) is -1.14. The third kappa shape index (κ3) is 3.51. The van der Waals surface area contributed by atoms with Crippen molar-refractivity contribution in [1.29, 1.82) is 0 Å². The number of nitrogens with zero attached hydrogens (tertiary/aromatic N) is 1. The van der Waals surface area contributed by atoms with E-state index in [2.05, 4.69) is 5.43 Å². The summed E-state index contributed by atoms with van der Waals surface area (Å²) in [7, 11) is 0. The van der Waals surface area contributed by atoms with E-state index in [1.54, 1.807) is 0 Å². The molecule has 0 fully saturated rings. The molecule has 1 amide bonds. The van der Waals surface area contributed by atoms with E-state index in [-0.39, 0.29) is 0 Å². The number of nitrogens with one attached hydrogen (secondary N) is 1. The van der Waals surface area contributed by atoms with Gasteiger partial charge in [-0.15, -0.1) is 0 Å². The van der Waals surface area contributed by atoms with Crippen LogP contribution in [0.25, 0.3) is 0 Å². The fraction of sp³-hybridized carbons (Fsp3) is 0.364. The maximum atomic E-state index is 12.7. The highest BCUT2D eigenvalue weighted by molar-refractivity contribution is 5.84. The molecule has 0 aliphatic heterocycles. The smallest absolute Gasteiger partial charge is 0.426 e. The van der Waals surface area contributed by atoms with Crippen molar-refractivity contribution in [2.75, 3.05) is 5.01 Å². The first-order chi connectivity index (χ1) is 7.29. The zero-order valence-electron chi connectivity index (χ0n) is 9.49. The highest BCUT2D eigenvalue weighted by atomic mass is 19.1. The summed E-state index contributed by atoms with van der Waals surface area (Å²) in [6.45, 7) is 5.52. The summed E-state index contributed by atoms with van der Waals surface area (Å²) >= 11 is 0. The molecule has 4 nitrogen and oxygen atoms in total. The largest absolute Gasteiger partial charge is 0.464 e. The van der Waals surface area contributed by atoms with Gasteiger partial charge in [0.2, 0.25) is 0 Å². The second-order valence-electron chi connectivity index (χ2n) is 4.46. The van der Waals surface area contributed by atoms with E-state index in [1.807, 2.05) is 20.8 Å². The lowest BCUT2D eigenvalue weighted by Crippen LogP contribution is -2.52. The highest BCUT2D eigenvalue weighted by Crippen LogP contribution is 2.15. The Bertz CT molecular complexity index is 371. The third-order valence-electron chi connectivity index (χ3n) is 1.72. The van der Waals surface area contributed by atoms with Crippen LogP contribution in [0.5, 0.6) is 0 Å². The molecule has 0 aliphatic rings. The Balaban J connectivity index is 2.94. The van der Waals surface area contributed by atoms with E-state index in [0.717, 1.165) is 5.01 Å². The van der Waals surface area contributed by atoms with Crippen LogP contribution in [0, 0.1) is 5.82 Å². The Morgan fingerprint density at radius 3 is 2.19 bits per heavy atom. The van der Waals surface area contributed by atoms with Crippen molar-refractivity contribution in [1.82, 2.24) is 5.43 Å². The first-order valence-corrected chi connectivity index (χ1v) is 4.86. The number of rotatable bonds is 2. The lowest BCUT2D eigenvalue weighted by Gasteiger charge is -2.29. The van der Waals surface area contributed by atoms with Gasteiger partial charge in [0.25, 0.3) is 0 Å². The van der Waals surface area contributed by atoms with E-state index in [0.29, 0.717) is 5.69 Å². The molecule has 0 bridgehead atoms. The number of halogens is 1. The number of carboxylic acid groups (broad SMARTS) is 1. The van der Waals surface area contributed by atoms with Gasteiger partial charge < -0.3 is 5.11 Å². The minimum atomic E-state index is -1.14. The number of hydrogen-bond acceptors (Lipinski definition) is 2. The highest BCUT2D eigenvalue weighted by Gasteiger charge is 2.20. The zero-order chi connectivity index (χ0) is 12.3. The summed E-state index contributed by atoms with van der Waals surface area (Å²) in [5.74, 6) is -0.398. The maximum absolute atomic E-state index is 12.7. The van der Waals surface area contributed by atoms with Crippen molar-refractivity contribution in [2.24, 2.45) is 0 Å². The average molecular weight is 226 g/mol. The Hall–Kier alpha value is -1.62. The molecule has 16 heavy (non-hydrogen) atoms. The van der Waals surface area contributed by atoms with Crippen molar-refractivity contribution in [2.45, 2.75) is 26.3 Å². The minimum absolute atomic E-state index is 0.379. The molecule has 0 atom stereocenters. The van der Waals surface area contributed by atoms with Crippen LogP contribution in [0.15, 0.2) is 24.3 Å². The molecule has 88 valence electrons. The molecule has 5 heteroatoms. The van der Waals surface area contributed by atoms with Gasteiger partial charge in [0, 0.05) is 5.54 Å². The van der Waals surface area contributed by atoms with Gasteiger partial charge in [0.1, 0.15) is 5.82 Å². The summed E-state index contributed by atoms with van der Waals surface area (Å²) < 4.78 is 12.7. The van der Waals surface area contributed by atoms with E-state index in [9.17, 15) is 9.18 Å². The molecular weight excluding hydrogens is 211 g/mol. The lowest BCUT2D eigenvalue weighted by atomic mass is 10.1. The Morgan fingerprint density at radius 2 is 1.81 bits per heavy atom. The predicted octanol–water partition coefficient (Wildman–Crippen LogP) is 2.61. The number of anilines is 1. The Labute approximate surface area is 93.7 Å².